The van der Waals surface area contributed by atoms with E-state index in [9.17, 15) is 14.4 Å². The first kappa shape index (κ1) is 12.3. The predicted molar refractivity (Wildman–Crippen MR) is 63.3 cm³/mol. The van der Waals surface area contributed by atoms with Crippen LogP contribution in [0.15, 0.2) is 27.3 Å². The lowest BCUT2D eigenvalue weighted by Crippen LogP contribution is -2.33. The maximum Gasteiger partial charge on any atom is 0.332 e. The summed E-state index contributed by atoms with van der Waals surface area (Å²) in [5, 5.41) is 8.90. The topological polar surface area (TPSA) is 106 Å². The maximum absolute atomic E-state index is 11.1. The van der Waals surface area contributed by atoms with Gasteiger partial charge >= 0.3 is 11.7 Å². The largest absolute Gasteiger partial charge is 0.478 e. The van der Waals surface area contributed by atoms with Crippen LogP contribution in [0.4, 0.5) is 0 Å². The molecule has 2 rings (SSSR count). The molecule has 3 N–H and O–H groups in total. The first-order valence-electron chi connectivity index (χ1n) is 5.52. The van der Waals surface area contributed by atoms with Crippen LogP contribution in [-0.2, 0) is 11.3 Å². The van der Waals surface area contributed by atoms with Crippen molar-refractivity contribution >= 4 is 5.97 Å². The van der Waals surface area contributed by atoms with Crippen molar-refractivity contribution in [1.29, 1.82) is 0 Å². The van der Waals surface area contributed by atoms with E-state index >= 15 is 0 Å². The zero-order chi connectivity index (χ0) is 13.1. The standard InChI is InChI=1S/C11H13N3O4/c15-9-4-8(12-11(18)13-9)6-14-3-1-2-7(5-14)10(16)17/h2,4H,1,3,5-6H2,(H,16,17)(H2,12,13,15,18). The van der Waals surface area contributed by atoms with Gasteiger partial charge in [-0.3, -0.25) is 14.7 Å². The third-order valence-corrected chi connectivity index (χ3v) is 2.71. The SMILES string of the molecule is O=C(O)C1=CCCN(Cc2cc(=O)[nH]c(=O)[nH]2)C1. The summed E-state index contributed by atoms with van der Waals surface area (Å²) in [7, 11) is 0. The van der Waals surface area contributed by atoms with Crippen molar-refractivity contribution in [3.63, 3.8) is 0 Å². The van der Waals surface area contributed by atoms with Crippen LogP contribution in [0, 0.1) is 0 Å². The average molecular weight is 251 g/mol. The van der Waals surface area contributed by atoms with Crippen LogP contribution in [0.1, 0.15) is 12.1 Å². The maximum atomic E-state index is 11.1. The Bertz CT molecular complexity index is 571. The molecule has 0 aromatic carbocycles. The van der Waals surface area contributed by atoms with Gasteiger partial charge in [-0.2, -0.15) is 0 Å². The van der Waals surface area contributed by atoms with Gasteiger partial charge in [0.15, 0.2) is 0 Å². The number of carboxylic acids is 1. The molecule has 1 aromatic heterocycles. The van der Waals surface area contributed by atoms with Gasteiger partial charge in [-0.05, 0) is 6.42 Å². The zero-order valence-electron chi connectivity index (χ0n) is 9.60. The van der Waals surface area contributed by atoms with E-state index < -0.39 is 17.2 Å². The second kappa shape index (κ2) is 5.01. The van der Waals surface area contributed by atoms with Gasteiger partial charge in [-0.15, -0.1) is 0 Å². The van der Waals surface area contributed by atoms with Crippen molar-refractivity contribution < 1.29 is 9.90 Å². The molecule has 18 heavy (non-hydrogen) atoms. The van der Waals surface area contributed by atoms with Crippen LogP contribution in [-0.4, -0.2) is 39.0 Å². The van der Waals surface area contributed by atoms with Gasteiger partial charge in [0, 0.05) is 37.0 Å². The molecule has 0 aliphatic carbocycles. The van der Waals surface area contributed by atoms with E-state index in [4.69, 9.17) is 5.11 Å². The molecule has 0 atom stereocenters. The summed E-state index contributed by atoms with van der Waals surface area (Å²) in [6, 6.07) is 1.31. The lowest BCUT2D eigenvalue weighted by Gasteiger charge is -2.25. The lowest BCUT2D eigenvalue weighted by atomic mass is 10.1. The van der Waals surface area contributed by atoms with Gasteiger partial charge in [0.2, 0.25) is 0 Å². The van der Waals surface area contributed by atoms with Gasteiger partial charge in [0.05, 0.1) is 0 Å². The minimum atomic E-state index is -0.931. The third kappa shape index (κ3) is 2.95. The normalized spacial score (nSPS) is 16.3. The number of nitrogens with zero attached hydrogens (tertiary/aromatic N) is 1. The molecule has 0 saturated heterocycles. The van der Waals surface area contributed by atoms with Crippen molar-refractivity contribution in [1.82, 2.24) is 14.9 Å². The lowest BCUT2D eigenvalue weighted by molar-refractivity contribution is -0.133. The molecule has 1 aliphatic heterocycles. The Kier molecular flexibility index (Phi) is 3.42. The quantitative estimate of drug-likeness (QED) is 0.657. The number of nitrogens with one attached hydrogen (secondary N) is 2. The zero-order valence-corrected chi connectivity index (χ0v) is 9.60. The number of aromatic nitrogens is 2. The fourth-order valence-electron chi connectivity index (χ4n) is 1.94. The number of hydrogen-bond donors (Lipinski definition) is 3. The number of carboxylic acid groups (broad SMARTS) is 1. The molecule has 7 nitrogen and oxygen atoms in total. The van der Waals surface area contributed by atoms with Crippen LogP contribution in [0.2, 0.25) is 0 Å². The number of rotatable bonds is 3. The first-order valence-corrected chi connectivity index (χ1v) is 5.52. The van der Waals surface area contributed by atoms with E-state index in [0.717, 1.165) is 0 Å². The molecule has 0 saturated carbocycles. The first-order chi connectivity index (χ1) is 8.54. The predicted octanol–water partition coefficient (Wildman–Crippen LogP) is -0.720. The summed E-state index contributed by atoms with van der Waals surface area (Å²) in [6.07, 6.45) is 2.34. The van der Waals surface area contributed by atoms with Crippen LogP contribution < -0.4 is 11.2 Å². The molecular weight excluding hydrogens is 238 g/mol. The second-order valence-electron chi connectivity index (χ2n) is 4.15. The highest BCUT2D eigenvalue weighted by molar-refractivity contribution is 5.87. The van der Waals surface area contributed by atoms with Crippen molar-refractivity contribution in [2.45, 2.75) is 13.0 Å². The minimum Gasteiger partial charge on any atom is -0.478 e. The summed E-state index contributed by atoms with van der Waals surface area (Å²) in [5.41, 5.74) is -0.188. The Morgan fingerprint density at radius 2 is 2.17 bits per heavy atom. The molecule has 1 aliphatic rings. The number of carbonyl (C=O) groups is 1. The van der Waals surface area contributed by atoms with Gasteiger partial charge in [0.25, 0.3) is 5.56 Å². The van der Waals surface area contributed by atoms with E-state index in [1.807, 2.05) is 4.90 Å². The highest BCUT2D eigenvalue weighted by Crippen LogP contribution is 2.11. The van der Waals surface area contributed by atoms with Crippen molar-refractivity contribution in [3.05, 3.63) is 44.2 Å². The summed E-state index contributed by atoms with van der Waals surface area (Å²) in [5.74, 6) is -0.931. The Hall–Kier alpha value is -2.15. The highest BCUT2D eigenvalue weighted by atomic mass is 16.4. The van der Waals surface area contributed by atoms with Crippen LogP contribution >= 0.6 is 0 Å². The van der Waals surface area contributed by atoms with Crippen LogP contribution in [0.25, 0.3) is 0 Å². The molecule has 7 heteroatoms. The Morgan fingerprint density at radius 1 is 1.39 bits per heavy atom. The number of aliphatic carboxylic acids is 1. The van der Waals surface area contributed by atoms with Gasteiger partial charge in [-0.25, -0.2) is 9.59 Å². The highest BCUT2D eigenvalue weighted by Gasteiger charge is 2.17. The molecule has 0 spiro atoms. The van der Waals surface area contributed by atoms with Crippen molar-refractivity contribution in [2.75, 3.05) is 13.1 Å². The van der Waals surface area contributed by atoms with E-state index in [2.05, 4.69) is 9.97 Å². The summed E-state index contributed by atoms with van der Waals surface area (Å²) in [6.45, 7) is 1.36. The van der Waals surface area contributed by atoms with Gasteiger partial charge in [-0.1, -0.05) is 6.08 Å². The average Bonchev–Trinajstić information content (AvgIpc) is 2.27. The third-order valence-electron chi connectivity index (χ3n) is 2.71. The van der Waals surface area contributed by atoms with Crippen LogP contribution in [0.5, 0.6) is 0 Å². The molecule has 1 aromatic rings. The monoisotopic (exact) mass is 251 g/mol. The molecule has 96 valence electrons. The number of hydrogen-bond acceptors (Lipinski definition) is 4. The minimum absolute atomic E-state index is 0.310. The molecule has 0 amide bonds. The molecule has 0 unspecified atom stereocenters. The molecule has 0 bridgehead atoms. The Labute approximate surface area is 102 Å². The number of H-pyrrole nitrogens is 2. The Balaban J connectivity index is 2.11. The van der Waals surface area contributed by atoms with Gasteiger partial charge < -0.3 is 10.1 Å². The number of aromatic amines is 2. The van der Waals surface area contributed by atoms with Crippen molar-refractivity contribution in [2.24, 2.45) is 0 Å². The van der Waals surface area contributed by atoms with E-state index in [1.165, 1.54) is 6.07 Å². The smallest absolute Gasteiger partial charge is 0.332 e. The molecular formula is C11H13N3O4. The Morgan fingerprint density at radius 3 is 2.83 bits per heavy atom. The molecule has 0 fully saturated rings. The summed E-state index contributed by atoms with van der Waals surface area (Å²) >= 11 is 0. The van der Waals surface area contributed by atoms with Crippen LogP contribution in [0.3, 0.4) is 0 Å². The van der Waals surface area contributed by atoms with Gasteiger partial charge in [0.1, 0.15) is 0 Å². The molecule has 0 radical (unpaired) electrons. The molecule has 2 heterocycles. The fourth-order valence-corrected chi connectivity index (χ4v) is 1.94. The fraction of sp³-hybridized carbons (Fsp3) is 0.364. The second-order valence-corrected chi connectivity index (χ2v) is 4.15. The van der Waals surface area contributed by atoms with E-state index in [-0.39, 0.29) is 0 Å². The summed E-state index contributed by atoms with van der Waals surface area (Å²) in [4.78, 5) is 39.5. The van der Waals surface area contributed by atoms with Crippen molar-refractivity contribution in [3.8, 4) is 0 Å². The van der Waals surface area contributed by atoms with E-state index in [1.54, 1.807) is 6.08 Å². The summed E-state index contributed by atoms with van der Waals surface area (Å²) < 4.78 is 0. The van der Waals surface area contributed by atoms with E-state index in [0.29, 0.717) is 37.3 Å².